The Bertz CT molecular complexity index is 1380. The fraction of sp³-hybridized carbons (Fsp3) is 0.414. The summed E-state index contributed by atoms with van der Waals surface area (Å²) in [6, 6.07) is 19.4. The molecule has 0 saturated heterocycles. The lowest BCUT2D eigenvalue weighted by Crippen LogP contribution is -2.27. The lowest BCUT2D eigenvalue weighted by molar-refractivity contribution is 0.330. The van der Waals surface area contributed by atoms with Gasteiger partial charge in [-0.05, 0) is 49.8 Å². The molecule has 0 radical (unpaired) electrons. The van der Waals surface area contributed by atoms with Crippen molar-refractivity contribution in [3.05, 3.63) is 77.4 Å². The number of rotatable bonds is 7. The van der Waals surface area contributed by atoms with Crippen molar-refractivity contribution in [1.29, 1.82) is 0 Å². The second-order valence-corrected chi connectivity index (χ2v) is 11.5. The molecule has 2 N–H and O–H groups in total. The number of fused-ring (bicyclic) bond motifs is 1. The Morgan fingerprint density at radius 2 is 1.71 bits per heavy atom. The first-order chi connectivity index (χ1) is 18.7. The van der Waals surface area contributed by atoms with Crippen molar-refractivity contribution in [3.8, 4) is 0 Å². The molecular weight excluding hydrogens is 492 g/mol. The molecule has 2 aromatic heterocycles. The van der Waals surface area contributed by atoms with Crippen LogP contribution >= 0.6 is 11.8 Å². The zero-order valence-electron chi connectivity index (χ0n) is 21.8. The highest BCUT2D eigenvalue weighted by atomic mass is 32.2. The van der Waals surface area contributed by atoms with Crippen LogP contribution in [0.5, 0.6) is 0 Å². The van der Waals surface area contributed by atoms with Gasteiger partial charge in [-0.15, -0.1) is 10.2 Å². The number of thioether (sulfide) groups is 1. The second-order valence-electron chi connectivity index (χ2n) is 10.2. The van der Waals surface area contributed by atoms with Crippen LogP contribution in [0.1, 0.15) is 79.5 Å². The van der Waals surface area contributed by atoms with Gasteiger partial charge in [0.15, 0.2) is 5.16 Å². The predicted octanol–water partition coefficient (Wildman–Crippen LogP) is 6.08. The Kier molecular flexibility index (Phi) is 7.27. The monoisotopic (exact) mass is 526 g/mol. The van der Waals surface area contributed by atoms with E-state index in [9.17, 15) is 0 Å². The molecule has 9 heteroatoms. The van der Waals surface area contributed by atoms with Crippen molar-refractivity contribution >= 4 is 29.3 Å². The number of benzene rings is 2. The Morgan fingerprint density at radius 1 is 0.921 bits per heavy atom. The summed E-state index contributed by atoms with van der Waals surface area (Å²) in [5.41, 5.74) is 9.94. The van der Waals surface area contributed by atoms with E-state index in [1.807, 2.05) is 0 Å². The molecule has 38 heavy (non-hydrogen) atoms. The van der Waals surface area contributed by atoms with Crippen LogP contribution in [0.4, 0.5) is 17.6 Å². The molecule has 0 amide bonds. The minimum atomic E-state index is -0.0600. The third-order valence-corrected chi connectivity index (χ3v) is 8.59. The van der Waals surface area contributed by atoms with Crippen molar-refractivity contribution in [2.45, 2.75) is 74.7 Å². The largest absolute Gasteiger partial charge is 0.368 e. The summed E-state index contributed by atoms with van der Waals surface area (Å²) < 4.78 is 2.39. The summed E-state index contributed by atoms with van der Waals surface area (Å²) in [6.45, 7) is 2.98. The molecule has 6 rings (SSSR count). The fourth-order valence-corrected chi connectivity index (χ4v) is 6.63. The summed E-state index contributed by atoms with van der Waals surface area (Å²) >= 11 is 1.66. The van der Waals surface area contributed by atoms with Gasteiger partial charge < -0.3 is 15.2 Å². The molecule has 1 saturated carbocycles. The van der Waals surface area contributed by atoms with E-state index >= 15 is 0 Å². The lowest BCUT2D eigenvalue weighted by Gasteiger charge is -2.29. The zero-order chi connectivity index (χ0) is 25.9. The van der Waals surface area contributed by atoms with Crippen LogP contribution in [0.3, 0.4) is 0 Å². The van der Waals surface area contributed by atoms with E-state index in [0.717, 1.165) is 42.5 Å². The average molecular weight is 527 g/mol. The Morgan fingerprint density at radius 3 is 2.55 bits per heavy atom. The Balaban J connectivity index is 1.29. The number of nitrogens with two attached hydrogens (primary N) is 1. The van der Waals surface area contributed by atoms with Crippen LogP contribution in [-0.4, -0.2) is 36.3 Å². The number of nitrogen functional groups attached to an aromatic ring is 1. The molecule has 1 aliphatic carbocycles. The van der Waals surface area contributed by atoms with Gasteiger partial charge in [0.1, 0.15) is 11.6 Å². The first kappa shape index (κ1) is 24.9. The van der Waals surface area contributed by atoms with Gasteiger partial charge in [0.25, 0.3) is 0 Å². The highest BCUT2D eigenvalue weighted by Gasteiger charge is 2.27. The Hall–Kier alpha value is -3.46. The number of aryl methyl sites for hydroxylation is 1. The molecule has 1 aliphatic heterocycles. The Labute approximate surface area is 228 Å². The number of hydrogen-bond donors (Lipinski definition) is 1. The first-order valence-electron chi connectivity index (χ1n) is 13.7. The quantitative estimate of drug-likeness (QED) is 0.289. The van der Waals surface area contributed by atoms with Crippen molar-refractivity contribution in [2.24, 2.45) is 0 Å². The van der Waals surface area contributed by atoms with Crippen molar-refractivity contribution in [3.63, 3.8) is 0 Å². The minimum absolute atomic E-state index is 0.0600. The molecule has 4 aromatic rings. The van der Waals surface area contributed by atoms with Gasteiger partial charge in [-0.3, -0.25) is 0 Å². The smallest absolute Gasteiger partial charge is 0.235 e. The maximum absolute atomic E-state index is 6.22. The van der Waals surface area contributed by atoms with Gasteiger partial charge >= 0.3 is 0 Å². The van der Waals surface area contributed by atoms with Gasteiger partial charge in [0.05, 0.1) is 5.25 Å². The van der Waals surface area contributed by atoms with Gasteiger partial charge in [-0.1, -0.05) is 79.6 Å². The summed E-state index contributed by atoms with van der Waals surface area (Å²) in [7, 11) is 0. The molecule has 3 heterocycles. The molecule has 2 aromatic carbocycles. The molecule has 1 atom stereocenters. The SMILES string of the molecule is CC(Sc1nnc(Cc2ccccc2)n1C1CCCCC1)c1nc(N)nc(N2CCCc3ccccc32)n1. The summed E-state index contributed by atoms with van der Waals surface area (Å²) in [5, 5.41) is 10.2. The molecule has 1 unspecified atom stereocenters. The van der Waals surface area contributed by atoms with Gasteiger partial charge in [0, 0.05) is 24.7 Å². The number of para-hydroxylation sites is 1. The highest BCUT2D eigenvalue weighted by Crippen LogP contribution is 2.39. The van der Waals surface area contributed by atoms with E-state index < -0.39 is 0 Å². The number of hydrogen-bond acceptors (Lipinski definition) is 8. The summed E-state index contributed by atoms with van der Waals surface area (Å²) in [5.74, 6) is 2.56. The van der Waals surface area contributed by atoms with Crippen LogP contribution in [0.25, 0.3) is 0 Å². The number of nitrogens with zero attached hydrogens (tertiary/aromatic N) is 7. The van der Waals surface area contributed by atoms with Crippen LogP contribution in [0.2, 0.25) is 0 Å². The second kappa shape index (κ2) is 11.1. The molecule has 196 valence electrons. The average Bonchev–Trinajstić information content (AvgIpc) is 3.34. The molecule has 0 spiro atoms. The standard InChI is InChI=1S/C29H34N8S/c1-20(26-31-27(30)33-28(32-26)36-18-10-14-22-13-8-9-17-24(22)36)38-29-35-34-25(19-21-11-4-2-5-12-21)37(29)23-15-6-3-7-16-23/h2,4-5,8-9,11-13,17,20,23H,3,6-7,10,14-16,18-19H2,1H3,(H2,30,31,32,33). The molecule has 8 nitrogen and oxygen atoms in total. The van der Waals surface area contributed by atoms with Crippen molar-refractivity contribution in [1.82, 2.24) is 29.7 Å². The highest BCUT2D eigenvalue weighted by molar-refractivity contribution is 7.99. The minimum Gasteiger partial charge on any atom is -0.368 e. The van der Waals surface area contributed by atoms with Crippen molar-refractivity contribution in [2.75, 3.05) is 17.2 Å². The number of aromatic nitrogens is 6. The van der Waals surface area contributed by atoms with E-state index in [1.54, 1.807) is 11.8 Å². The van der Waals surface area contributed by atoms with E-state index in [-0.39, 0.29) is 11.2 Å². The van der Waals surface area contributed by atoms with Crippen LogP contribution in [-0.2, 0) is 12.8 Å². The topological polar surface area (TPSA) is 98.6 Å². The normalized spacial score (nSPS) is 16.8. The van der Waals surface area contributed by atoms with E-state index in [4.69, 9.17) is 10.7 Å². The zero-order valence-corrected chi connectivity index (χ0v) is 22.6. The van der Waals surface area contributed by atoms with Crippen molar-refractivity contribution < 1.29 is 0 Å². The summed E-state index contributed by atoms with van der Waals surface area (Å²) in [4.78, 5) is 16.2. The van der Waals surface area contributed by atoms with E-state index in [1.165, 1.54) is 43.2 Å². The summed E-state index contributed by atoms with van der Waals surface area (Å²) in [6.07, 6.45) is 9.02. The maximum atomic E-state index is 6.22. The van der Waals surface area contributed by atoms with Gasteiger partial charge in [0.2, 0.25) is 11.9 Å². The van der Waals surface area contributed by atoms with Crippen LogP contribution in [0.15, 0.2) is 59.8 Å². The maximum Gasteiger partial charge on any atom is 0.235 e. The molecular formula is C29H34N8S. The van der Waals surface area contributed by atoms with Crippen LogP contribution in [0, 0.1) is 0 Å². The number of anilines is 3. The molecule has 2 aliphatic rings. The molecule has 1 fully saturated rings. The third-order valence-electron chi connectivity index (χ3n) is 7.54. The van der Waals surface area contributed by atoms with E-state index in [0.29, 0.717) is 17.8 Å². The van der Waals surface area contributed by atoms with Gasteiger partial charge in [-0.25, -0.2) is 0 Å². The first-order valence-corrected chi connectivity index (χ1v) is 14.5. The van der Waals surface area contributed by atoms with Gasteiger partial charge in [-0.2, -0.15) is 15.0 Å². The van der Waals surface area contributed by atoms with Crippen LogP contribution < -0.4 is 10.6 Å². The fourth-order valence-electron chi connectivity index (χ4n) is 5.64. The molecule has 0 bridgehead atoms. The predicted molar refractivity (Wildman–Crippen MR) is 152 cm³/mol. The third kappa shape index (κ3) is 5.25. The van der Waals surface area contributed by atoms with E-state index in [2.05, 4.69) is 91.2 Å². The lowest BCUT2D eigenvalue weighted by atomic mass is 9.95.